The van der Waals surface area contributed by atoms with Crippen molar-refractivity contribution < 1.29 is 13.9 Å². The number of rotatable bonds is 5. The molecular formula is C13H14FN3O2. The largest absolute Gasteiger partial charge is 0.375 e. The summed E-state index contributed by atoms with van der Waals surface area (Å²) < 4.78 is 19.1. The van der Waals surface area contributed by atoms with Crippen LogP contribution in [0.4, 0.5) is 10.1 Å². The first-order valence-corrected chi connectivity index (χ1v) is 5.73. The maximum atomic E-state index is 12.8. The molecule has 0 bridgehead atoms. The minimum absolute atomic E-state index is 0.00312. The van der Waals surface area contributed by atoms with Gasteiger partial charge in [0.05, 0.1) is 18.4 Å². The second-order valence-electron chi connectivity index (χ2n) is 4.03. The van der Waals surface area contributed by atoms with Crippen molar-refractivity contribution in [2.45, 2.75) is 6.54 Å². The first kappa shape index (κ1) is 13.2. The number of methoxy groups -OCH3 is 1. The van der Waals surface area contributed by atoms with Crippen molar-refractivity contribution in [3.8, 4) is 0 Å². The molecule has 1 heterocycles. The third-order valence-electron chi connectivity index (χ3n) is 2.45. The van der Waals surface area contributed by atoms with Gasteiger partial charge in [-0.3, -0.25) is 9.48 Å². The second kappa shape index (κ2) is 6.10. The lowest BCUT2D eigenvalue weighted by atomic mass is 10.2. The van der Waals surface area contributed by atoms with Gasteiger partial charge in [0.1, 0.15) is 12.4 Å². The highest BCUT2D eigenvalue weighted by atomic mass is 19.1. The topological polar surface area (TPSA) is 56.1 Å². The van der Waals surface area contributed by atoms with Crippen LogP contribution in [0, 0.1) is 5.82 Å². The number of anilines is 1. The molecule has 19 heavy (non-hydrogen) atoms. The Kier molecular flexibility index (Phi) is 4.25. The van der Waals surface area contributed by atoms with Crippen LogP contribution in [0.1, 0.15) is 5.56 Å². The lowest BCUT2D eigenvalue weighted by Gasteiger charge is -2.02. The summed E-state index contributed by atoms with van der Waals surface area (Å²) in [6.45, 7) is 0.517. The molecule has 0 aliphatic rings. The van der Waals surface area contributed by atoms with E-state index in [0.717, 1.165) is 5.56 Å². The van der Waals surface area contributed by atoms with Gasteiger partial charge in [0.25, 0.3) is 0 Å². The SMILES string of the molecule is COCC(=O)Nc1cnn(Cc2ccc(F)cc2)c1. The predicted octanol–water partition coefficient (Wildman–Crippen LogP) is 1.66. The molecule has 2 rings (SSSR count). The van der Waals surface area contributed by atoms with Crippen LogP contribution in [0.15, 0.2) is 36.7 Å². The summed E-state index contributed by atoms with van der Waals surface area (Å²) in [4.78, 5) is 11.3. The summed E-state index contributed by atoms with van der Waals surface area (Å²) in [5.41, 5.74) is 1.53. The van der Waals surface area contributed by atoms with Crippen LogP contribution in [0.3, 0.4) is 0 Å². The fraction of sp³-hybridized carbons (Fsp3) is 0.231. The Bertz CT molecular complexity index is 551. The van der Waals surface area contributed by atoms with Gasteiger partial charge in [-0.2, -0.15) is 5.10 Å². The zero-order valence-corrected chi connectivity index (χ0v) is 10.5. The molecule has 0 aliphatic carbocycles. The first-order chi connectivity index (χ1) is 9.17. The van der Waals surface area contributed by atoms with Gasteiger partial charge in [-0.1, -0.05) is 12.1 Å². The van der Waals surface area contributed by atoms with E-state index < -0.39 is 0 Å². The molecule has 0 atom stereocenters. The second-order valence-corrected chi connectivity index (χ2v) is 4.03. The molecule has 0 radical (unpaired) electrons. The number of ether oxygens (including phenoxy) is 1. The summed E-state index contributed by atoms with van der Waals surface area (Å²) >= 11 is 0. The van der Waals surface area contributed by atoms with Crippen LogP contribution < -0.4 is 5.32 Å². The molecular weight excluding hydrogens is 249 g/mol. The summed E-state index contributed by atoms with van der Waals surface area (Å²) in [6, 6.07) is 6.20. The van der Waals surface area contributed by atoms with Crippen molar-refractivity contribution in [2.24, 2.45) is 0 Å². The lowest BCUT2D eigenvalue weighted by Crippen LogP contribution is -2.16. The van der Waals surface area contributed by atoms with E-state index in [1.807, 2.05) is 0 Å². The smallest absolute Gasteiger partial charge is 0.250 e. The standard InChI is InChI=1S/C13H14FN3O2/c1-19-9-13(18)16-12-6-15-17(8-12)7-10-2-4-11(14)5-3-10/h2-6,8H,7,9H2,1H3,(H,16,18). The Labute approximate surface area is 110 Å². The molecule has 1 amide bonds. The van der Waals surface area contributed by atoms with E-state index in [-0.39, 0.29) is 18.3 Å². The maximum absolute atomic E-state index is 12.8. The number of hydrogen-bond donors (Lipinski definition) is 1. The van der Waals surface area contributed by atoms with Gasteiger partial charge in [0, 0.05) is 13.3 Å². The van der Waals surface area contributed by atoms with Gasteiger partial charge in [-0.25, -0.2) is 4.39 Å². The number of carbonyl (C=O) groups is 1. The van der Waals surface area contributed by atoms with Gasteiger partial charge in [-0.05, 0) is 17.7 Å². The van der Waals surface area contributed by atoms with E-state index in [2.05, 4.69) is 10.4 Å². The number of amides is 1. The Morgan fingerprint density at radius 3 is 2.84 bits per heavy atom. The third kappa shape index (κ3) is 3.89. The lowest BCUT2D eigenvalue weighted by molar-refractivity contribution is -0.119. The van der Waals surface area contributed by atoms with Gasteiger partial charge >= 0.3 is 0 Å². The summed E-state index contributed by atoms with van der Waals surface area (Å²) in [6.07, 6.45) is 3.26. The number of hydrogen-bond acceptors (Lipinski definition) is 3. The van der Waals surface area contributed by atoms with Crippen LogP contribution in [-0.4, -0.2) is 29.4 Å². The van der Waals surface area contributed by atoms with Gasteiger partial charge in [0.15, 0.2) is 0 Å². The molecule has 0 spiro atoms. The Morgan fingerprint density at radius 1 is 1.42 bits per heavy atom. The molecule has 6 heteroatoms. The van der Waals surface area contributed by atoms with Crippen LogP contribution in [0.5, 0.6) is 0 Å². The Balaban J connectivity index is 1.97. The molecule has 1 aromatic heterocycles. The van der Waals surface area contributed by atoms with Gasteiger partial charge < -0.3 is 10.1 Å². The minimum Gasteiger partial charge on any atom is -0.375 e. The molecule has 0 unspecified atom stereocenters. The highest BCUT2D eigenvalue weighted by Crippen LogP contribution is 2.08. The summed E-state index contributed by atoms with van der Waals surface area (Å²) in [7, 11) is 1.46. The average Bonchev–Trinajstić information content (AvgIpc) is 2.80. The normalized spacial score (nSPS) is 10.4. The maximum Gasteiger partial charge on any atom is 0.250 e. The van der Waals surface area contributed by atoms with Crippen molar-refractivity contribution in [3.05, 3.63) is 48.0 Å². The molecule has 5 nitrogen and oxygen atoms in total. The fourth-order valence-corrected chi connectivity index (χ4v) is 1.62. The zero-order valence-electron chi connectivity index (χ0n) is 10.5. The van der Waals surface area contributed by atoms with E-state index in [1.165, 1.54) is 19.2 Å². The molecule has 1 aromatic carbocycles. The van der Waals surface area contributed by atoms with Crippen LogP contribution in [-0.2, 0) is 16.1 Å². The van der Waals surface area contributed by atoms with E-state index in [0.29, 0.717) is 12.2 Å². The predicted molar refractivity (Wildman–Crippen MR) is 68.2 cm³/mol. The Morgan fingerprint density at radius 2 is 2.16 bits per heavy atom. The van der Waals surface area contributed by atoms with Crippen molar-refractivity contribution in [1.82, 2.24) is 9.78 Å². The highest BCUT2D eigenvalue weighted by molar-refractivity contribution is 5.91. The molecule has 0 fully saturated rings. The molecule has 0 saturated carbocycles. The monoisotopic (exact) mass is 263 g/mol. The van der Waals surface area contributed by atoms with Crippen LogP contribution in [0.2, 0.25) is 0 Å². The molecule has 1 N–H and O–H groups in total. The minimum atomic E-state index is -0.267. The van der Waals surface area contributed by atoms with E-state index in [1.54, 1.807) is 29.2 Å². The molecule has 0 aliphatic heterocycles. The number of halogens is 1. The number of nitrogens with one attached hydrogen (secondary N) is 1. The van der Waals surface area contributed by atoms with Crippen molar-refractivity contribution in [1.29, 1.82) is 0 Å². The zero-order chi connectivity index (χ0) is 13.7. The van der Waals surface area contributed by atoms with Crippen molar-refractivity contribution >= 4 is 11.6 Å². The van der Waals surface area contributed by atoms with Crippen LogP contribution in [0.25, 0.3) is 0 Å². The van der Waals surface area contributed by atoms with Crippen LogP contribution >= 0.6 is 0 Å². The van der Waals surface area contributed by atoms with E-state index in [4.69, 9.17) is 4.74 Å². The first-order valence-electron chi connectivity index (χ1n) is 5.73. The molecule has 2 aromatic rings. The average molecular weight is 263 g/mol. The molecule has 100 valence electrons. The highest BCUT2D eigenvalue weighted by Gasteiger charge is 2.04. The molecule has 0 saturated heterocycles. The number of aromatic nitrogens is 2. The van der Waals surface area contributed by atoms with E-state index >= 15 is 0 Å². The van der Waals surface area contributed by atoms with Crippen molar-refractivity contribution in [2.75, 3.05) is 19.0 Å². The third-order valence-corrected chi connectivity index (χ3v) is 2.45. The van der Waals surface area contributed by atoms with Gasteiger partial charge in [-0.15, -0.1) is 0 Å². The number of benzene rings is 1. The quantitative estimate of drug-likeness (QED) is 0.892. The van der Waals surface area contributed by atoms with E-state index in [9.17, 15) is 9.18 Å². The summed E-state index contributed by atoms with van der Waals surface area (Å²) in [5, 5.41) is 6.77. The summed E-state index contributed by atoms with van der Waals surface area (Å²) in [5.74, 6) is -0.499. The van der Waals surface area contributed by atoms with Crippen molar-refractivity contribution in [3.63, 3.8) is 0 Å². The Hall–Kier alpha value is -2.21. The fourth-order valence-electron chi connectivity index (χ4n) is 1.62. The number of nitrogens with zero attached hydrogens (tertiary/aromatic N) is 2. The number of carbonyl (C=O) groups excluding carboxylic acids is 1. The van der Waals surface area contributed by atoms with Gasteiger partial charge in [0.2, 0.25) is 5.91 Å².